The molecule has 84 valence electrons. The summed E-state index contributed by atoms with van der Waals surface area (Å²) in [5.41, 5.74) is 0.882. The molecule has 0 heterocycles. The Kier molecular flexibility index (Phi) is 5.07. The van der Waals surface area contributed by atoms with Gasteiger partial charge in [0.05, 0.1) is 10.0 Å². The molecule has 16 heavy (non-hydrogen) atoms. The number of nitrogens with zero attached hydrogens (tertiary/aromatic N) is 2. The lowest BCUT2D eigenvalue weighted by Crippen LogP contribution is -1.92. The molecule has 0 amide bonds. The van der Waals surface area contributed by atoms with Gasteiger partial charge in [-0.25, -0.2) is 0 Å². The third kappa shape index (κ3) is 3.67. The van der Waals surface area contributed by atoms with Crippen molar-refractivity contribution < 1.29 is 5.11 Å². The molecule has 1 unspecified atom stereocenters. The minimum atomic E-state index is -0.125. The van der Waals surface area contributed by atoms with Crippen LogP contribution in [-0.2, 0) is 0 Å². The highest BCUT2D eigenvalue weighted by atomic mass is 79.9. The van der Waals surface area contributed by atoms with Crippen molar-refractivity contribution in [3.8, 4) is 0 Å². The normalized spacial score (nSPS) is 13.2. The summed E-state index contributed by atoms with van der Waals surface area (Å²) in [6.45, 7) is 0. The van der Waals surface area contributed by atoms with Crippen LogP contribution in [0.15, 0.2) is 30.2 Å². The minimum Gasteiger partial charge on any atom is -0.505 e. The molecule has 0 bridgehead atoms. The summed E-state index contributed by atoms with van der Waals surface area (Å²) in [4.78, 5) is 2.61. The molecule has 3 nitrogen and oxygen atoms in total. The number of alkyl halides is 1. The van der Waals surface area contributed by atoms with E-state index in [1.54, 1.807) is 18.2 Å². The third-order valence-corrected chi connectivity index (χ3v) is 3.49. The fraction of sp³-hybridized carbons (Fsp3) is 0.200. The van der Waals surface area contributed by atoms with Crippen molar-refractivity contribution in [2.75, 3.05) is 0 Å². The number of halogens is 3. The molecule has 1 atom stereocenters. The van der Waals surface area contributed by atoms with Crippen LogP contribution in [0.2, 0.25) is 10.0 Å². The number of aliphatic hydroxyl groups is 1. The van der Waals surface area contributed by atoms with Crippen molar-refractivity contribution in [3.05, 3.63) is 50.7 Å². The Morgan fingerprint density at radius 3 is 2.75 bits per heavy atom. The summed E-state index contributed by atoms with van der Waals surface area (Å²) in [7, 11) is 0. The van der Waals surface area contributed by atoms with E-state index in [1.165, 1.54) is 0 Å². The standard InChI is InChI=1S/C10H7BrCl2N2O/c11-8(4-7(16)5-15-14)6-1-2-9(12)10(13)3-6/h1-3,5,8H,4H2/p+1/b7-5+. The van der Waals surface area contributed by atoms with Crippen LogP contribution in [0.1, 0.15) is 16.8 Å². The number of diazo groups is 1. The van der Waals surface area contributed by atoms with Crippen molar-refractivity contribution in [1.29, 1.82) is 5.39 Å². The molecule has 1 N–H and O–H groups in total. The molecule has 0 saturated carbocycles. The molecule has 0 saturated heterocycles. The summed E-state index contributed by atoms with van der Waals surface area (Å²) in [6.07, 6.45) is 1.27. The number of allylic oxidation sites excluding steroid dienone is 1. The van der Waals surface area contributed by atoms with E-state index < -0.39 is 0 Å². The topological polar surface area (TPSA) is 48.4 Å². The van der Waals surface area contributed by atoms with Gasteiger partial charge in [0.2, 0.25) is 5.39 Å². The van der Waals surface area contributed by atoms with Crippen molar-refractivity contribution in [2.24, 2.45) is 0 Å². The minimum absolute atomic E-state index is 0.0320. The Labute approximate surface area is 111 Å². The van der Waals surface area contributed by atoms with Crippen LogP contribution in [0, 0.1) is 5.39 Å². The molecule has 0 fully saturated rings. The highest BCUT2D eigenvalue weighted by molar-refractivity contribution is 9.09. The summed E-state index contributed by atoms with van der Waals surface area (Å²) in [6, 6.07) is 5.20. The SMILES string of the molecule is N#[N+]/C=C(/O)CC(Br)c1ccc(Cl)c(Cl)c1. The lowest BCUT2D eigenvalue weighted by atomic mass is 10.1. The number of aliphatic hydroxyl groups excluding tert-OH is 1. The highest BCUT2D eigenvalue weighted by Gasteiger charge is 2.13. The van der Waals surface area contributed by atoms with Crippen molar-refractivity contribution in [2.45, 2.75) is 11.2 Å². The fourth-order valence-corrected chi connectivity index (χ4v) is 2.05. The van der Waals surface area contributed by atoms with Crippen molar-refractivity contribution in [3.63, 3.8) is 0 Å². The zero-order valence-corrected chi connectivity index (χ0v) is 11.2. The van der Waals surface area contributed by atoms with E-state index >= 15 is 0 Å². The first-order valence-corrected chi connectivity index (χ1v) is 6.03. The zero-order valence-electron chi connectivity index (χ0n) is 8.07. The van der Waals surface area contributed by atoms with Gasteiger partial charge < -0.3 is 5.11 Å². The van der Waals surface area contributed by atoms with Crippen LogP contribution in [0.4, 0.5) is 0 Å². The lowest BCUT2D eigenvalue weighted by Gasteiger charge is -2.09. The molecule has 1 aromatic rings. The molecule has 0 radical (unpaired) electrons. The Morgan fingerprint density at radius 2 is 2.19 bits per heavy atom. The van der Waals surface area contributed by atoms with Gasteiger partial charge in [-0.2, -0.15) is 0 Å². The number of hydrogen-bond donors (Lipinski definition) is 1. The van der Waals surface area contributed by atoms with Gasteiger partial charge in [0.25, 0.3) is 0 Å². The molecule has 0 aliphatic heterocycles. The molecule has 0 spiro atoms. The average Bonchev–Trinajstić information content (AvgIpc) is 2.22. The summed E-state index contributed by atoms with van der Waals surface area (Å²) >= 11 is 15.0. The van der Waals surface area contributed by atoms with E-state index in [1.807, 2.05) is 0 Å². The van der Waals surface area contributed by atoms with Gasteiger partial charge in [0, 0.05) is 11.2 Å². The first-order valence-electron chi connectivity index (χ1n) is 4.36. The average molecular weight is 323 g/mol. The lowest BCUT2D eigenvalue weighted by molar-refractivity contribution is 0.388. The van der Waals surface area contributed by atoms with E-state index in [-0.39, 0.29) is 10.6 Å². The maximum atomic E-state index is 9.32. The van der Waals surface area contributed by atoms with Gasteiger partial charge in [-0.1, -0.05) is 45.2 Å². The summed E-state index contributed by atoms with van der Waals surface area (Å²) in [5, 5.41) is 18.5. The summed E-state index contributed by atoms with van der Waals surface area (Å²) in [5.74, 6) is -0.0320. The number of hydrogen-bond acceptors (Lipinski definition) is 2. The van der Waals surface area contributed by atoms with Crippen LogP contribution < -0.4 is 0 Å². The summed E-state index contributed by atoms with van der Waals surface area (Å²) < 4.78 is 0. The van der Waals surface area contributed by atoms with Crippen LogP contribution in [0.5, 0.6) is 0 Å². The van der Waals surface area contributed by atoms with E-state index in [0.29, 0.717) is 16.5 Å². The monoisotopic (exact) mass is 321 g/mol. The number of benzene rings is 1. The van der Waals surface area contributed by atoms with Gasteiger partial charge in [-0.3, -0.25) is 0 Å². The van der Waals surface area contributed by atoms with Crippen molar-refractivity contribution in [1.82, 2.24) is 0 Å². The second-order valence-corrected chi connectivity index (χ2v) is 5.00. The van der Waals surface area contributed by atoms with Gasteiger partial charge in [-0.05, 0) is 17.7 Å². The maximum absolute atomic E-state index is 9.32. The second-order valence-electron chi connectivity index (χ2n) is 3.08. The smallest absolute Gasteiger partial charge is 0.387 e. The molecule has 0 aromatic heterocycles. The quantitative estimate of drug-likeness (QED) is 0.479. The Morgan fingerprint density at radius 1 is 1.50 bits per heavy atom. The largest absolute Gasteiger partial charge is 0.505 e. The molecule has 0 aliphatic rings. The third-order valence-electron chi connectivity index (χ3n) is 1.90. The predicted molar refractivity (Wildman–Crippen MR) is 68.5 cm³/mol. The van der Waals surface area contributed by atoms with Crippen LogP contribution >= 0.6 is 39.1 Å². The molecular weight excluding hydrogens is 315 g/mol. The first-order chi connectivity index (χ1) is 7.54. The Bertz CT molecular complexity index is 457. The number of rotatable bonds is 3. The molecule has 0 aliphatic carbocycles. The Hall–Kier alpha value is -0.760. The van der Waals surface area contributed by atoms with Crippen LogP contribution in [0.25, 0.3) is 4.98 Å². The molecule has 1 rings (SSSR count). The van der Waals surface area contributed by atoms with Crippen LogP contribution in [0.3, 0.4) is 0 Å². The maximum Gasteiger partial charge on any atom is 0.387 e. The van der Waals surface area contributed by atoms with E-state index in [2.05, 4.69) is 20.9 Å². The second kappa shape index (κ2) is 6.09. The molecule has 1 aromatic carbocycles. The van der Waals surface area contributed by atoms with Gasteiger partial charge in [0.15, 0.2) is 10.7 Å². The first kappa shape index (κ1) is 13.3. The fourth-order valence-electron chi connectivity index (χ4n) is 1.13. The van der Waals surface area contributed by atoms with Gasteiger partial charge in [0.1, 0.15) is 0 Å². The molecule has 6 heteroatoms. The molecular formula is C10H8BrCl2N2O+. The van der Waals surface area contributed by atoms with Gasteiger partial charge >= 0.3 is 6.20 Å². The highest BCUT2D eigenvalue weighted by Crippen LogP contribution is 2.33. The van der Waals surface area contributed by atoms with Gasteiger partial charge in [-0.15, -0.1) is 0 Å². The zero-order chi connectivity index (χ0) is 12.1. The van der Waals surface area contributed by atoms with Crippen LogP contribution in [-0.4, -0.2) is 5.11 Å². The van der Waals surface area contributed by atoms with E-state index in [9.17, 15) is 5.11 Å². The van der Waals surface area contributed by atoms with Crippen molar-refractivity contribution >= 4 is 39.1 Å². The van der Waals surface area contributed by atoms with E-state index in [0.717, 1.165) is 11.8 Å². The Balaban J connectivity index is 2.81. The predicted octanol–water partition coefficient (Wildman–Crippen LogP) is 5.07. The van der Waals surface area contributed by atoms with E-state index in [4.69, 9.17) is 28.6 Å².